The largest absolute Gasteiger partial charge is 0.308 e. The Morgan fingerprint density at radius 3 is 1.29 bits per heavy atom. The molecule has 0 spiro atoms. The molecule has 3 heterocycles. The van der Waals surface area contributed by atoms with Gasteiger partial charge in [0.25, 0.3) is 0 Å². The summed E-state index contributed by atoms with van der Waals surface area (Å²) in [6.07, 6.45) is 0. The highest BCUT2D eigenvalue weighted by atomic mass is 15.0. The molecule has 0 unspecified atom stereocenters. The number of nitrogens with zero attached hydrogens (tertiary/aromatic N) is 4. The van der Waals surface area contributed by atoms with Crippen LogP contribution in [-0.4, -0.2) is 19.4 Å². The van der Waals surface area contributed by atoms with E-state index in [1.807, 2.05) is 60.7 Å². The summed E-state index contributed by atoms with van der Waals surface area (Å²) in [5.74, 6) is 1.94. The number of hydrogen-bond donors (Lipinski definition) is 0. The van der Waals surface area contributed by atoms with Gasteiger partial charge < -0.3 is 4.40 Å². The van der Waals surface area contributed by atoms with Gasteiger partial charge in [0.05, 0.1) is 16.6 Å². The van der Waals surface area contributed by atoms with Gasteiger partial charge in [-0.3, -0.25) is 0 Å². The lowest BCUT2D eigenvalue weighted by molar-refractivity contribution is 1.07. The van der Waals surface area contributed by atoms with Gasteiger partial charge in [-0.05, 0) is 56.9 Å². The van der Waals surface area contributed by atoms with Crippen molar-refractivity contribution in [1.29, 1.82) is 0 Å². The zero-order chi connectivity index (χ0) is 36.3. The van der Waals surface area contributed by atoms with E-state index >= 15 is 0 Å². The number of benzene rings is 8. The second kappa shape index (κ2) is 12.6. The molecule has 0 amide bonds. The summed E-state index contributed by atoms with van der Waals surface area (Å²) in [6, 6.07) is 68.9. The molecule has 0 aliphatic carbocycles. The quantitative estimate of drug-likeness (QED) is 0.184. The van der Waals surface area contributed by atoms with Gasteiger partial charge in [0.1, 0.15) is 0 Å². The number of fused-ring (bicyclic) bond motifs is 10. The number of rotatable bonds is 4. The fourth-order valence-electron chi connectivity index (χ4n) is 8.29. The minimum Gasteiger partial charge on any atom is -0.308 e. The van der Waals surface area contributed by atoms with Crippen molar-refractivity contribution in [3.05, 3.63) is 194 Å². The molecule has 0 N–H and O–H groups in total. The third-order valence-electron chi connectivity index (χ3n) is 10.8. The Balaban J connectivity index is 1.16. The van der Waals surface area contributed by atoms with Crippen LogP contribution in [0, 0.1) is 0 Å². The molecule has 4 nitrogen and oxygen atoms in total. The Morgan fingerprint density at radius 1 is 0.255 bits per heavy atom. The molecule has 0 radical (unpaired) electrons. The molecule has 8 aromatic carbocycles. The fourth-order valence-corrected chi connectivity index (χ4v) is 8.29. The maximum Gasteiger partial charge on any atom is 0.164 e. The van der Waals surface area contributed by atoms with Gasteiger partial charge in [-0.2, -0.15) is 0 Å². The first kappa shape index (κ1) is 31.1. The van der Waals surface area contributed by atoms with Crippen LogP contribution in [0.25, 0.3) is 105 Å². The van der Waals surface area contributed by atoms with Crippen molar-refractivity contribution in [3.63, 3.8) is 0 Å². The van der Waals surface area contributed by atoms with Gasteiger partial charge in [-0.15, -0.1) is 0 Å². The molecule has 256 valence electrons. The van der Waals surface area contributed by atoms with Crippen LogP contribution in [0.2, 0.25) is 0 Å². The Morgan fingerprint density at radius 2 is 0.655 bits per heavy atom. The molecule has 0 saturated heterocycles. The van der Waals surface area contributed by atoms with Crippen LogP contribution in [0.15, 0.2) is 194 Å². The van der Waals surface area contributed by atoms with E-state index in [1.54, 1.807) is 0 Å². The first-order valence-electron chi connectivity index (χ1n) is 18.6. The number of para-hydroxylation sites is 2. The molecule has 0 aliphatic heterocycles. The highest BCUT2D eigenvalue weighted by Crippen LogP contribution is 2.40. The van der Waals surface area contributed by atoms with E-state index in [2.05, 4.69) is 138 Å². The second-order valence-electron chi connectivity index (χ2n) is 14.0. The summed E-state index contributed by atoms with van der Waals surface area (Å²) in [5.41, 5.74) is 8.62. The van der Waals surface area contributed by atoms with Crippen LogP contribution in [0.1, 0.15) is 0 Å². The standard InChI is InChI=1S/C51H32N4/c1-3-15-33(16-4-1)49-52-50(34-17-5-2-6-18-34)54-51(53-49)37-20-13-19-35(31-37)36-29-30-47-45(32-36)44-27-14-26-43-41-24-10-8-22-39(41)38-21-7-9-23-40(38)42-25-11-12-28-46(42)55(47)48(43)44/h1-32H. The molecule has 3 aromatic heterocycles. The van der Waals surface area contributed by atoms with Gasteiger partial charge in [0, 0.05) is 38.2 Å². The maximum absolute atomic E-state index is 5.01. The third-order valence-corrected chi connectivity index (χ3v) is 10.8. The first-order chi connectivity index (χ1) is 27.3. The van der Waals surface area contributed by atoms with E-state index < -0.39 is 0 Å². The molecular formula is C51H32N4. The summed E-state index contributed by atoms with van der Waals surface area (Å²) in [7, 11) is 0. The normalized spacial score (nSPS) is 11.6. The van der Waals surface area contributed by atoms with Crippen molar-refractivity contribution in [1.82, 2.24) is 19.4 Å². The predicted molar refractivity (Wildman–Crippen MR) is 229 cm³/mol. The van der Waals surface area contributed by atoms with Crippen LogP contribution < -0.4 is 0 Å². The molecule has 0 saturated carbocycles. The van der Waals surface area contributed by atoms with Crippen molar-refractivity contribution in [2.45, 2.75) is 0 Å². The van der Waals surface area contributed by atoms with Crippen LogP contribution in [-0.2, 0) is 0 Å². The third kappa shape index (κ3) is 5.11. The topological polar surface area (TPSA) is 43.1 Å². The van der Waals surface area contributed by atoms with Crippen LogP contribution >= 0.6 is 0 Å². The number of aromatic nitrogens is 4. The monoisotopic (exact) mass is 700 g/mol. The molecule has 0 atom stereocenters. The van der Waals surface area contributed by atoms with E-state index in [9.17, 15) is 0 Å². The lowest BCUT2D eigenvalue weighted by atomic mass is 9.99. The smallest absolute Gasteiger partial charge is 0.164 e. The highest BCUT2D eigenvalue weighted by molar-refractivity contribution is 6.25. The lowest BCUT2D eigenvalue weighted by Gasteiger charge is -2.10. The molecule has 55 heavy (non-hydrogen) atoms. The van der Waals surface area contributed by atoms with Crippen molar-refractivity contribution >= 4 is 59.6 Å². The number of hydrogen-bond acceptors (Lipinski definition) is 3. The SMILES string of the molecule is c1ccc(-c2nc(-c3ccccc3)nc(-c3cccc(-c4ccc5c(c4)c4cccc6c7ccccc7c7ccccc7c7ccccc7n5c64)c3)n2)cc1. The molecule has 4 heteroatoms. The highest BCUT2D eigenvalue weighted by Gasteiger charge is 2.17. The van der Waals surface area contributed by atoms with Crippen LogP contribution in [0.5, 0.6) is 0 Å². The molecule has 0 fully saturated rings. The summed E-state index contributed by atoms with van der Waals surface area (Å²) in [5, 5.41) is 9.79. The average Bonchev–Trinajstić information content (AvgIpc) is 3.62. The van der Waals surface area contributed by atoms with Gasteiger partial charge >= 0.3 is 0 Å². The van der Waals surface area contributed by atoms with Crippen molar-refractivity contribution in [3.8, 4) is 45.3 Å². The van der Waals surface area contributed by atoms with E-state index in [0.717, 1.165) is 27.8 Å². The zero-order valence-corrected chi connectivity index (χ0v) is 29.8. The molecule has 11 aromatic rings. The predicted octanol–water partition coefficient (Wildman–Crippen LogP) is 13.1. The Bertz CT molecular complexity index is 3250. The molecule has 0 aliphatic rings. The van der Waals surface area contributed by atoms with Crippen molar-refractivity contribution < 1.29 is 0 Å². The maximum atomic E-state index is 5.01. The van der Waals surface area contributed by atoms with Crippen LogP contribution in [0.3, 0.4) is 0 Å². The molecular weight excluding hydrogens is 669 g/mol. The summed E-state index contributed by atoms with van der Waals surface area (Å²) < 4.78 is 2.48. The lowest BCUT2D eigenvalue weighted by Crippen LogP contribution is -2.00. The Labute approximate surface area is 317 Å². The average molecular weight is 701 g/mol. The second-order valence-corrected chi connectivity index (χ2v) is 14.0. The van der Waals surface area contributed by atoms with E-state index in [4.69, 9.17) is 15.0 Å². The van der Waals surface area contributed by atoms with Gasteiger partial charge in [-0.1, -0.05) is 170 Å². The van der Waals surface area contributed by atoms with E-state index in [-0.39, 0.29) is 0 Å². The molecule has 11 rings (SSSR count). The molecule has 0 bridgehead atoms. The van der Waals surface area contributed by atoms with Crippen molar-refractivity contribution in [2.75, 3.05) is 0 Å². The van der Waals surface area contributed by atoms with E-state index in [0.29, 0.717) is 17.5 Å². The summed E-state index contributed by atoms with van der Waals surface area (Å²) in [4.78, 5) is 14.9. The first-order valence-corrected chi connectivity index (χ1v) is 18.6. The Hall–Kier alpha value is -7.43. The summed E-state index contributed by atoms with van der Waals surface area (Å²) >= 11 is 0. The van der Waals surface area contributed by atoms with Crippen LogP contribution in [0.4, 0.5) is 0 Å². The fraction of sp³-hybridized carbons (Fsp3) is 0. The Kier molecular flexibility index (Phi) is 7.14. The van der Waals surface area contributed by atoms with E-state index in [1.165, 1.54) is 59.6 Å². The van der Waals surface area contributed by atoms with Crippen molar-refractivity contribution in [2.24, 2.45) is 0 Å². The van der Waals surface area contributed by atoms with Gasteiger partial charge in [0.15, 0.2) is 17.5 Å². The van der Waals surface area contributed by atoms with Gasteiger partial charge in [0.2, 0.25) is 0 Å². The summed E-state index contributed by atoms with van der Waals surface area (Å²) in [6.45, 7) is 0. The zero-order valence-electron chi connectivity index (χ0n) is 29.8. The minimum absolute atomic E-state index is 0.641. The van der Waals surface area contributed by atoms with Gasteiger partial charge in [-0.25, -0.2) is 15.0 Å². The minimum atomic E-state index is 0.641.